The maximum atomic E-state index is 11.7. The molecule has 5 rings (SSSR count). The highest BCUT2D eigenvalue weighted by molar-refractivity contribution is 6.32. The fraction of sp³-hybridized carbons (Fsp3) is 0.250. The summed E-state index contributed by atoms with van der Waals surface area (Å²) in [5.41, 5.74) is 5.53. The molecule has 4 aromatic rings. The van der Waals surface area contributed by atoms with Gasteiger partial charge in [-0.3, -0.25) is 14.7 Å². The van der Waals surface area contributed by atoms with Crippen LogP contribution in [0.3, 0.4) is 0 Å². The molecule has 1 aliphatic heterocycles. The number of rotatable bonds is 13. The van der Waals surface area contributed by atoms with E-state index in [1.807, 2.05) is 36.4 Å². The van der Waals surface area contributed by atoms with Gasteiger partial charge in [-0.1, -0.05) is 54.1 Å². The van der Waals surface area contributed by atoms with Gasteiger partial charge in [0.05, 0.1) is 22.3 Å². The highest BCUT2D eigenvalue weighted by Gasteiger charge is 2.18. The number of nitrogens with zero attached hydrogens (tertiary/aromatic N) is 3. The molecule has 0 amide bonds. The first kappa shape index (κ1) is 31.7. The zero-order valence-electron chi connectivity index (χ0n) is 25.0. The maximum Gasteiger partial charge on any atom is 0.153 e. The maximum absolute atomic E-state index is 11.7. The van der Waals surface area contributed by atoms with Crippen LogP contribution in [0.15, 0.2) is 85.2 Å². The van der Waals surface area contributed by atoms with E-state index in [0.29, 0.717) is 46.1 Å². The van der Waals surface area contributed by atoms with Gasteiger partial charge in [-0.05, 0) is 59.9 Å². The van der Waals surface area contributed by atoms with Crippen molar-refractivity contribution in [2.24, 2.45) is 0 Å². The lowest BCUT2D eigenvalue weighted by molar-refractivity contribution is 0.111. The first-order chi connectivity index (χ1) is 21.9. The number of hydrogen-bond acceptors (Lipinski definition) is 8. The molecule has 9 heteroatoms. The molecular weight excluding hydrogens is 590 g/mol. The third-order valence-electron chi connectivity index (χ3n) is 7.61. The Hall–Kier alpha value is -4.68. The van der Waals surface area contributed by atoms with Gasteiger partial charge in [0, 0.05) is 43.7 Å². The molecule has 1 atom stereocenters. The van der Waals surface area contributed by atoms with E-state index in [-0.39, 0.29) is 19.3 Å². The van der Waals surface area contributed by atoms with Crippen LogP contribution < -0.4 is 14.2 Å². The van der Waals surface area contributed by atoms with E-state index in [0.717, 1.165) is 54.1 Å². The monoisotopic (exact) mass is 623 g/mol. The number of nitriles is 1. The average molecular weight is 624 g/mol. The van der Waals surface area contributed by atoms with Crippen LogP contribution in [0, 0.1) is 18.3 Å². The molecule has 2 heterocycles. The predicted molar refractivity (Wildman–Crippen MR) is 173 cm³/mol. The Morgan fingerprint density at radius 1 is 1.04 bits per heavy atom. The number of hydrogen-bond donors (Lipinski definition) is 1. The molecule has 1 fully saturated rings. The number of ether oxygens (including phenoxy) is 3. The van der Waals surface area contributed by atoms with Crippen LogP contribution in [0.1, 0.15) is 39.0 Å². The zero-order valence-corrected chi connectivity index (χ0v) is 25.7. The van der Waals surface area contributed by atoms with Gasteiger partial charge in [0.1, 0.15) is 43.1 Å². The molecule has 1 aromatic heterocycles. The van der Waals surface area contributed by atoms with Crippen LogP contribution in [-0.2, 0) is 13.2 Å². The van der Waals surface area contributed by atoms with Crippen molar-refractivity contribution in [1.29, 1.82) is 5.26 Å². The Labute approximate surface area is 268 Å². The SMILES string of the molecule is Cc1c(COc2cc(OCc3cncc(C#N)c3)c(C=O)cc2Cl)cccc1-c1cccc(OCC=CCN2CCC(O)C2)c1. The first-order valence-electron chi connectivity index (χ1n) is 14.7. The molecule has 1 saturated heterocycles. The molecule has 45 heavy (non-hydrogen) atoms. The number of β-amino-alcohol motifs (C(OH)–C–C–N with tert-alkyl or cyclic N) is 1. The number of aliphatic hydroxyl groups is 1. The van der Waals surface area contributed by atoms with Crippen molar-refractivity contribution >= 4 is 17.9 Å². The van der Waals surface area contributed by atoms with Crippen molar-refractivity contribution in [3.8, 4) is 34.4 Å². The zero-order chi connectivity index (χ0) is 31.6. The number of pyridine rings is 1. The molecule has 1 unspecified atom stereocenters. The van der Waals surface area contributed by atoms with E-state index in [1.54, 1.807) is 18.3 Å². The number of aromatic nitrogens is 1. The number of likely N-dealkylation sites (tertiary alicyclic amines) is 1. The lowest BCUT2D eigenvalue weighted by Gasteiger charge is -2.16. The van der Waals surface area contributed by atoms with Crippen LogP contribution in [-0.4, -0.2) is 53.6 Å². The van der Waals surface area contributed by atoms with Crippen molar-refractivity contribution in [1.82, 2.24) is 9.88 Å². The molecule has 0 saturated carbocycles. The minimum Gasteiger partial charge on any atom is -0.490 e. The molecule has 3 aromatic carbocycles. The van der Waals surface area contributed by atoms with Crippen molar-refractivity contribution in [2.45, 2.75) is 32.7 Å². The van der Waals surface area contributed by atoms with E-state index >= 15 is 0 Å². The van der Waals surface area contributed by atoms with Gasteiger partial charge < -0.3 is 19.3 Å². The van der Waals surface area contributed by atoms with Crippen molar-refractivity contribution in [3.63, 3.8) is 0 Å². The van der Waals surface area contributed by atoms with E-state index in [9.17, 15) is 9.90 Å². The Bertz CT molecular complexity index is 1720. The minimum absolute atomic E-state index is 0.119. The predicted octanol–water partition coefficient (Wildman–Crippen LogP) is 6.55. The molecule has 0 aliphatic carbocycles. The van der Waals surface area contributed by atoms with Gasteiger partial charge in [-0.25, -0.2) is 0 Å². The number of carbonyl (C=O) groups excluding carboxylic acids is 1. The summed E-state index contributed by atoms with van der Waals surface area (Å²) in [6.45, 7) is 5.34. The minimum atomic E-state index is -0.212. The average Bonchev–Trinajstić information content (AvgIpc) is 3.48. The van der Waals surface area contributed by atoms with Crippen LogP contribution in [0.5, 0.6) is 17.2 Å². The second kappa shape index (κ2) is 15.4. The van der Waals surface area contributed by atoms with Crippen LogP contribution in [0.25, 0.3) is 11.1 Å². The van der Waals surface area contributed by atoms with Crippen LogP contribution in [0.4, 0.5) is 0 Å². The van der Waals surface area contributed by atoms with E-state index < -0.39 is 0 Å². The largest absolute Gasteiger partial charge is 0.490 e. The Balaban J connectivity index is 1.23. The summed E-state index contributed by atoms with van der Waals surface area (Å²) in [5, 5.41) is 19.1. The highest BCUT2D eigenvalue weighted by atomic mass is 35.5. The molecule has 0 radical (unpaired) electrons. The molecule has 1 aliphatic rings. The van der Waals surface area contributed by atoms with Gasteiger partial charge in [0.25, 0.3) is 0 Å². The number of aldehydes is 1. The van der Waals surface area contributed by atoms with Gasteiger partial charge in [-0.15, -0.1) is 0 Å². The molecule has 0 bridgehead atoms. The summed E-state index contributed by atoms with van der Waals surface area (Å²) >= 11 is 6.47. The van der Waals surface area contributed by atoms with Gasteiger partial charge in [-0.2, -0.15) is 5.26 Å². The second-order valence-corrected chi connectivity index (χ2v) is 11.2. The summed E-state index contributed by atoms with van der Waals surface area (Å²) in [7, 11) is 0. The summed E-state index contributed by atoms with van der Waals surface area (Å²) in [4.78, 5) is 18.0. The van der Waals surface area contributed by atoms with Crippen molar-refractivity contribution in [2.75, 3.05) is 26.2 Å². The lowest BCUT2D eigenvalue weighted by atomic mass is 9.96. The standard InChI is InChI=1S/C36H34ClN3O5/c1-25-29(24-45-36-17-35(30(22-41)16-34(36)37)44-23-27-14-26(18-38)19-39-20-27)7-5-9-33(25)28-6-4-8-32(15-28)43-13-3-2-11-40-12-10-31(42)21-40/h2-9,14-17,19-20,22,31,42H,10-13,21,23-24H2,1H3. The summed E-state index contributed by atoms with van der Waals surface area (Å²) in [6, 6.07) is 20.9. The quantitative estimate of drug-likeness (QED) is 0.132. The van der Waals surface area contributed by atoms with E-state index in [1.165, 1.54) is 12.3 Å². The van der Waals surface area contributed by atoms with Crippen molar-refractivity contribution in [3.05, 3.63) is 118 Å². The number of aliphatic hydroxyl groups excluding tert-OH is 1. The third kappa shape index (κ3) is 8.49. The van der Waals surface area contributed by atoms with Gasteiger partial charge in [0.2, 0.25) is 0 Å². The molecular formula is C36H34ClN3O5. The third-order valence-corrected chi connectivity index (χ3v) is 7.90. The van der Waals surface area contributed by atoms with Crippen molar-refractivity contribution < 1.29 is 24.1 Å². The highest BCUT2D eigenvalue weighted by Crippen LogP contribution is 2.34. The fourth-order valence-electron chi connectivity index (χ4n) is 5.14. The smallest absolute Gasteiger partial charge is 0.153 e. The Morgan fingerprint density at radius 2 is 1.89 bits per heavy atom. The first-order valence-corrected chi connectivity index (χ1v) is 15.1. The van der Waals surface area contributed by atoms with E-state index in [2.05, 4.69) is 41.1 Å². The van der Waals surface area contributed by atoms with E-state index in [4.69, 9.17) is 31.1 Å². The number of benzene rings is 3. The normalized spacial score (nSPS) is 14.8. The Kier molecular flexibility index (Phi) is 10.8. The molecule has 8 nitrogen and oxygen atoms in total. The summed E-state index contributed by atoms with van der Waals surface area (Å²) < 4.78 is 18.0. The molecule has 1 N–H and O–H groups in total. The summed E-state index contributed by atoms with van der Waals surface area (Å²) in [6.07, 6.45) is 8.46. The molecule has 230 valence electrons. The summed E-state index contributed by atoms with van der Waals surface area (Å²) in [5.74, 6) is 1.48. The Morgan fingerprint density at radius 3 is 2.69 bits per heavy atom. The second-order valence-electron chi connectivity index (χ2n) is 10.8. The lowest BCUT2D eigenvalue weighted by Crippen LogP contribution is -2.22. The number of carbonyl (C=O) groups is 1. The van der Waals surface area contributed by atoms with Crippen LogP contribution >= 0.6 is 11.6 Å². The topological polar surface area (TPSA) is 105 Å². The van der Waals surface area contributed by atoms with Gasteiger partial charge >= 0.3 is 0 Å². The fourth-order valence-corrected chi connectivity index (χ4v) is 5.37. The van der Waals surface area contributed by atoms with Crippen LogP contribution in [0.2, 0.25) is 5.02 Å². The van der Waals surface area contributed by atoms with Gasteiger partial charge in [0.15, 0.2) is 6.29 Å². The number of halogens is 1. The molecule has 0 spiro atoms.